The van der Waals surface area contributed by atoms with Crippen LogP contribution in [0.3, 0.4) is 0 Å². The third-order valence-electron chi connectivity index (χ3n) is 8.10. The third-order valence-corrected chi connectivity index (χ3v) is 8.10. The molecule has 0 saturated carbocycles. The van der Waals surface area contributed by atoms with Crippen molar-refractivity contribution in [1.82, 2.24) is 15.1 Å². The van der Waals surface area contributed by atoms with Gasteiger partial charge in [-0.15, -0.1) is 0 Å². The summed E-state index contributed by atoms with van der Waals surface area (Å²) in [6, 6.07) is 12.7. The number of rotatable bonds is 9. The molecule has 3 heterocycles. The standard InChI is InChI=1S/C31H37N3O5/c1-2-3-4-7-21-9-11-22(12-10-21)30(37)33-17-6-5-8-24(33)20-39-25-13-14-26-23(18-25)19-34(31(26)38)27-15-16-28(35)32-29(27)36/h9-14,18,24,27H,2-8,15-17,19-20H2,1H3,(H,32,35,36)/t24-,27?/m0/s1. The second kappa shape index (κ2) is 12.0. The monoisotopic (exact) mass is 531 g/mol. The molecular weight excluding hydrogens is 494 g/mol. The number of fused-ring (bicyclic) bond motifs is 1. The Labute approximate surface area is 229 Å². The maximum atomic E-state index is 13.4. The summed E-state index contributed by atoms with van der Waals surface area (Å²) in [5, 5.41) is 2.33. The zero-order valence-corrected chi connectivity index (χ0v) is 22.6. The highest BCUT2D eigenvalue weighted by molar-refractivity contribution is 6.05. The second-order valence-electron chi connectivity index (χ2n) is 10.8. The van der Waals surface area contributed by atoms with Crippen LogP contribution in [-0.2, 0) is 22.6 Å². The molecule has 1 N–H and O–H groups in total. The van der Waals surface area contributed by atoms with E-state index in [1.807, 2.05) is 23.1 Å². The van der Waals surface area contributed by atoms with Crippen LogP contribution in [0.5, 0.6) is 5.75 Å². The molecule has 8 heteroatoms. The number of unbranched alkanes of at least 4 members (excludes halogenated alkanes) is 2. The van der Waals surface area contributed by atoms with Gasteiger partial charge in [0, 0.05) is 30.6 Å². The van der Waals surface area contributed by atoms with E-state index >= 15 is 0 Å². The van der Waals surface area contributed by atoms with E-state index in [1.165, 1.54) is 29.7 Å². The SMILES string of the molecule is CCCCCc1ccc(C(=O)N2CCCC[C@H]2COc2ccc3c(c2)CN(C2CCC(=O)NC2=O)C3=O)cc1. The number of benzene rings is 2. The number of ether oxygens (including phenoxy) is 1. The van der Waals surface area contributed by atoms with Crippen molar-refractivity contribution in [3.63, 3.8) is 0 Å². The zero-order chi connectivity index (χ0) is 27.4. The van der Waals surface area contributed by atoms with Crippen LogP contribution in [0.15, 0.2) is 42.5 Å². The van der Waals surface area contributed by atoms with E-state index in [1.54, 1.807) is 12.1 Å². The molecule has 2 aromatic rings. The van der Waals surface area contributed by atoms with Gasteiger partial charge < -0.3 is 14.5 Å². The number of carbonyl (C=O) groups is 4. The van der Waals surface area contributed by atoms with E-state index in [2.05, 4.69) is 24.4 Å². The Morgan fingerprint density at radius 3 is 2.62 bits per heavy atom. The highest BCUT2D eigenvalue weighted by Gasteiger charge is 2.39. The molecule has 2 atom stereocenters. The van der Waals surface area contributed by atoms with Gasteiger partial charge in [0.1, 0.15) is 18.4 Å². The van der Waals surface area contributed by atoms with Crippen molar-refractivity contribution in [3.05, 3.63) is 64.7 Å². The van der Waals surface area contributed by atoms with Gasteiger partial charge in [0.25, 0.3) is 11.8 Å². The molecule has 1 unspecified atom stereocenters. The van der Waals surface area contributed by atoms with Crippen LogP contribution < -0.4 is 10.1 Å². The first-order chi connectivity index (χ1) is 18.9. The molecule has 0 spiro atoms. The van der Waals surface area contributed by atoms with E-state index in [0.717, 1.165) is 31.2 Å². The molecule has 0 aliphatic carbocycles. The maximum absolute atomic E-state index is 13.4. The largest absolute Gasteiger partial charge is 0.491 e. The van der Waals surface area contributed by atoms with Crippen LogP contribution in [0.4, 0.5) is 0 Å². The predicted molar refractivity (Wildman–Crippen MR) is 146 cm³/mol. The minimum absolute atomic E-state index is 0.0228. The van der Waals surface area contributed by atoms with E-state index in [-0.39, 0.29) is 30.2 Å². The minimum atomic E-state index is -0.640. The van der Waals surface area contributed by atoms with Crippen LogP contribution in [0.25, 0.3) is 0 Å². The summed E-state index contributed by atoms with van der Waals surface area (Å²) in [5.41, 5.74) is 3.34. The Morgan fingerprint density at radius 1 is 1.03 bits per heavy atom. The Hall–Kier alpha value is -3.68. The first kappa shape index (κ1) is 26.9. The molecule has 4 amide bonds. The fourth-order valence-electron chi connectivity index (χ4n) is 5.83. The average molecular weight is 532 g/mol. The predicted octanol–water partition coefficient (Wildman–Crippen LogP) is 4.25. The van der Waals surface area contributed by atoms with Gasteiger partial charge in [0.05, 0.1) is 6.04 Å². The number of hydrogen-bond acceptors (Lipinski definition) is 5. The van der Waals surface area contributed by atoms with Crippen LogP contribution in [0, 0.1) is 0 Å². The molecule has 2 fully saturated rings. The Kier molecular flexibility index (Phi) is 8.29. The van der Waals surface area contributed by atoms with Crippen LogP contribution >= 0.6 is 0 Å². The summed E-state index contributed by atoms with van der Waals surface area (Å²) in [4.78, 5) is 53.6. The number of aryl methyl sites for hydroxylation is 1. The molecule has 0 bridgehead atoms. The summed E-state index contributed by atoms with van der Waals surface area (Å²) < 4.78 is 6.16. The number of nitrogens with one attached hydrogen (secondary N) is 1. The molecule has 2 saturated heterocycles. The first-order valence-corrected chi connectivity index (χ1v) is 14.2. The maximum Gasteiger partial charge on any atom is 0.255 e. The molecule has 5 rings (SSSR count). The summed E-state index contributed by atoms with van der Waals surface area (Å²) >= 11 is 0. The molecule has 0 radical (unpaired) electrons. The molecule has 8 nitrogen and oxygen atoms in total. The number of hydrogen-bond donors (Lipinski definition) is 1. The Morgan fingerprint density at radius 2 is 1.85 bits per heavy atom. The lowest BCUT2D eigenvalue weighted by atomic mass is 10.00. The lowest BCUT2D eigenvalue weighted by Gasteiger charge is -2.35. The van der Waals surface area contributed by atoms with Gasteiger partial charge in [0.15, 0.2) is 0 Å². The van der Waals surface area contributed by atoms with Gasteiger partial charge >= 0.3 is 0 Å². The molecule has 2 aromatic carbocycles. The highest BCUT2D eigenvalue weighted by Crippen LogP contribution is 2.31. The van der Waals surface area contributed by atoms with Crippen molar-refractivity contribution in [3.8, 4) is 5.75 Å². The number of carbonyl (C=O) groups excluding carboxylic acids is 4. The molecular formula is C31H37N3O5. The van der Waals surface area contributed by atoms with Crippen molar-refractivity contribution in [2.45, 2.75) is 83.3 Å². The topological polar surface area (TPSA) is 96.0 Å². The summed E-state index contributed by atoms with van der Waals surface area (Å²) in [6.45, 7) is 3.60. The molecule has 3 aliphatic rings. The quantitative estimate of drug-likeness (QED) is 0.386. The van der Waals surface area contributed by atoms with Gasteiger partial charge in [0.2, 0.25) is 11.8 Å². The van der Waals surface area contributed by atoms with Gasteiger partial charge in [-0.1, -0.05) is 31.9 Å². The lowest BCUT2D eigenvalue weighted by molar-refractivity contribution is -0.136. The van der Waals surface area contributed by atoms with E-state index in [4.69, 9.17) is 4.74 Å². The second-order valence-corrected chi connectivity index (χ2v) is 10.8. The minimum Gasteiger partial charge on any atom is -0.491 e. The number of imide groups is 1. The number of piperidine rings is 2. The van der Waals surface area contributed by atoms with E-state index in [0.29, 0.717) is 43.0 Å². The van der Waals surface area contributed by atoms with Crippen molar-refractivity contribution in [2.24, 2.45) is 0 Å². The fraction of sp³-hybridized carbons (Fsp3) is 0.484. The van der Waals surface area contributed by atoms with Crippen molar-refractivity contribution in [2.75, 3.05) is 13.2 Å². The van der Waals surface area contributed by atoms with Gasteiger partial charge in [-0.25, -0.2) is 0 Å². The molecule has 206 valence electrons. The Balaban J connectivity index is 1.20. The highest BCUT2D eigenvalue weighted by atomic mass is 16.5. The third kappa shape index (κ3) is 6.00. The summed E-state index contributed by atoms with van der Waals surface area (Å²) in [7, 11) is 0. The van der Waals surface area contributed by atoms with Crippen LogP contribution in [-0.4, -0.2) is 58.7 Å². The normalized spacial score (nSPS) is 21.1. The smallest absolute Gasteiger partial charge is 0.255 e. The molecule has 0 aromatic heterocycles. The van der Waals surface area contributed by atoms with Crippen molar-refractivity contribution >= 4 is 23.6 Å². The van der Waals surface area contributed by atoms with Gasteiger partial charge in [-0.3, -0.25) is 24.5 Å². The van der Waals surface area contributed by atoms with Crippen LogP contribution in [0.1, 0.15) is 90.1 Å². The van der Waals surface area contributed by atoms with Crippen molar-refractivity contribution < 1.29 is 23.9 Å². The van der Waals surface area contributed by atoms with E-state index in [9.17, 15) is 19.2 Å². The molecule has 39 heavy (non-hydrogen) atoms. The van der Waals surface area contributed by atoms with Gasteiger partial charge in [-0.05, 0) is 80.0 Å². The van der Waals surface area contributed by atoms with Gasteiger partial charge in [-0.2, -0.15) is 0 Å². The van der Waals surface area contributed by atoms with E-state index < -0.39 is 11.9 Å². The average Bonchev–Trinajstić information content (AvgIpc) is 3.27. The van der Waals surface area contributed by atoms with Crippen LogP contribution in [0.2, 0.25) is 0 Å². The molecule has 3 aliphatic heterocycles. The fourth-order valence-corrected chi connectivity index (χ4v) is 5.83. The summed E-state index contributed by atoms with van der Waals surface area (Å²) in [6.07, 6.45) is 8.09. The number of likely N-dealkylation sites (tertiary alicyclic amines) is 1. The Bertz CT molecular complexity index is 1240. The number of nitrogens with zero attached hydrogens (tertiary/aromatic N) is 2. The first-order valence-electron chi connectivity index (χ1n) is 14.2. The summed E-state index contributed by atoms with van der Waals surface area (Å²) in [5.74, 6) is -0.238. The zero-order valence-electron chi connectivity index (χ0n) is 22.6. The van der Waals surface area contributed by atoms with Crippen molar-refractivity contribution in [1.29, 1.82) is 0 Å². The number of amides is 4. The lowest BCUT2D eigenvalue weighted by Crippen LogP contribution is -2.52.